The van der Waals surface area contributed by atoms with Gasteiger partial charge in [0.05, 0.1) is 6.42 Å². The lowest BCUT2D eigenvalue weighted by Crippen LogP contribution is -2.11. The number of nitrogens with two attached hydrogens (primary N) is 1. The Morgan fingerprint density at radius 3 is 2.36 bits per heavy atom. The van der Waals surface area contributed by atoms with Crippen molar-refractivity contribution in [2.45, 2.75) is 53.9 Å². The number of carbonyl (C=O) groups excluding carboxylic acids is 2. The summed E-state index contributed by atoms with van der Waals surface area (Å²) in [6, 6.07) is 5.99. The minimum atomic E-state index is 0.0670. The zero-order valence-electron chi connectivity index (χ0n) is 16.3. The van der Waals surface area contributed by atoms with Crippen LogP contribution in [0, 0.1) is 13.8 Å². The Labute approximate surface area is 152 Å². The Balaban J connectivity index is 0.000000417. The quantitative estimate of drug-likeness (QED) is 0.608. The van der Waals surface area contributed by atoms with E-state index in [2.05, 4.69) is 19.2 Å². The summed E-state index contributed by atoms with van der Waals surface area (Å²) in [5, 5.41) is 2.89. The number of hydrogen-bond donors (Lipinski definition) is 2. The van der Waals surface area contributed by atoms with Crippen molar-refractivity contribution in [2.24, 2.45) is 5.73 Å². The maximum Gasteiger partial charge on any atom is 0.331 e. The first kappa shape index (κ1) is 22.6. The Hall–Kier alpha value is -2.36. The molecular weight excluding hydrogens is 312 g/mol. The zero-order chi connectivity index (χ0) is 19.1. The van der Waals surface area contributed by atoms with Crippen molar-refractivity contribution >= 4 is 17.9 Å². The third-order valence-electron chi connectivity index (χ3n) is 3.11. The van der Waals surface area contributed by atoms with Crippen LogP contribution in [0.5, 0.6) is 0 Å². The van der Waals surface area contributed by atoms with Crippen molar-refractivity contribution in [3.05, 3.63) is 53.3 Å². The second-order valence-corrected chi connectivity index (χ2v) is 5.75. The van der Waals surface area contributed by atoms with Crippen LogP contribution >= 0.6 is 0 Å². The second-order valence-electron chi connectivity index (χ2n) is 5.75. The predicted molar refractivity (Wildman–Crippen MR) is 108 cm³/mol. The van der Waals surface area contributed by atoms with Gasteiger partial charge in [0.25, 0.3) is 6.61 Å². The smallest absolute Gasteiger partial charge is 0.331 e. The predicted octanol–water partition coefficient (Wildman–Crippen LogP) is 4.59. The third-order valence-corrected chi connectivity index (χ3v) is 3.11. The van der Waals surface area contributed by atoms with Crippen LogP contribution < -0.4 is 11.1 Å². The molecule has 1 aliphatic heterocycles. The molecule has 0 saturated heterocycles. The number of nitrogens with one attached hydrogen (secondary N) is 1. The number of anilines is 1. The fourth-order valence-corrected chi connectivity index (χ4v) is 1.85. The molecule has 0 bridgehead atoms. The van der Waals surface area contributed by atoms with E-state index in [0.29, 0.717) is 12.1 Å². The number of aryl methyl sites for hydroxylation is 2. The Kier molecular flexibility index (Phi) is 12.7. The van der Waals surface area contributed by atoms with Crippen LogP contribution in [0.1, 0.15) is 51.2 Å². The highest BCUT2D eigenvalue weighted by Crippen LogP contribution is 2.19. The van der Waals surface area contributed by atoms with E-state index in [1.165, 1.54) is 6.42 Å². The van der Waals surface area contributed by atoms with Gasteiger partial charge in [-0.1, -0.05) is 57.5 Å². The van der Waals surface area contributed by atoms with Gasteiger partial charge in [0.15, 0.2) is 0 Å². The molecule has 138 valence electrons. The Bertz CT molecular complexity index is 582. The number of benzene rings is 1. The van der Waals surface area contributed by atoms with Gasteiger partial charge >= 0.3 is 6.29 Å². The number of allylic oxidation sites excluding steroid dienone is 3. The molecular formula is C21H33N2O2+. The lowest BCUT2D eigenvalue weighted by molar-refractivity contribution is -0.450. The van der Waals surface area contributed by atoms with Crippen LogP contribution in [0.4, 0.5) is 5.69 Å². The number of hydrogen-bond acceptors (Lipinski definition) is 2. The van der Waals surface area contributed by atoms with Gasteiger partial charge in [0.1, 0.15) is 5.70 Å². The molecule has 0 atom stereocenters. The highest BCUT2D eigenvalue weighted by atomic mass is 16.4. The molecule has 1 aliphatic rings. The van der Waals surface area contributed by atoms with Crippen molar-refractivity contribution in [1.29, 1.82) is 0 Å². The molecule has 0 spiro atoms. The molecule has 0 unspecified atom stereocenters. The van der Waals surface area contributed by atoms with E-state index in [9.17, 15) is 4.79 Å². The fraction of sp³-hybridized carbons (Fsp3) is 0.429. The minimum absolute atomic E-state index is 0.0670. The molecule has 0 aromatic heterocycles. The number of para-hydroxylation sites is 1. The van der Waals surface area contributed by atoms with Crippen LogP contribution in [0.15, 0.2) is 42.1 Å². The van der Waals surface area contributed by atoms with Crippen molar-refractivity contribution in [2.75, 3.05) is 11.9 Å². The molecule has 4 nitrogen and oxygen atoms in total. The number of carbonyl (C=O) groups is 1. The van der Waals surface area contributed by atoms with E-state index in [1.54, 1.807) is 6.29 Å². The monoisotopic (exact) mass is 345 g/mol. The van der Waals surface area contributed by atoms with Gasteiger partial charge in [-0.2, -0.15) is 0 Å². The minimum Gasteiger partial charge on any atom is -0.392 e. The van der Waals surface area contributed by atoms with Crippen LogP contribution in [-0.4, -0.2) is 18.8 Å². The molecule has 0 fully saturated rings. The van der Waals surface area contributed by atoms with E-state index in [0.717, 1.165) is 29.8 Å². The molecule has 1 aromatic rings. The van der Waals surface area contributed by atoms with E-state index in [-0.39, 0.29) is 5.91 Å². The normalized spacial score (nSPS) is 15.8. The fourth-order valence-electron chi connectivity index (χ4n) is 1.85. The van der Waals surface area contributed by atoms with Crippen LogP contribution in [0.25, 0.3) is 0 Å². The first-order valence-electron chi connectivity index (χ1n) is 8.89. The molecule has 0 saturated carbocycles. The number of amides is 1. The molecule has 2 rings (SSSR count). The van der Waals surface area contributed by atoms with Crippen LogP contribution in [-0.2, 0) is 9.22 Å². The van der Waals surface area contributed by atoms with Gasteiger partial charge < -0.3 is 11.1 Å². The first-order chi connectivity index (χ1) is 12.0. The molecule has 25 heavy (non-hydrogen) atoms. The van der Waals surface area contributed by atoms with E-state index in [1.807, 2.05) is 57.2 Å². The third kappa shape index (κ3) is 10.9. The van der Waals surface area contributed by atoms with Crippen molar-refractivity contribution < 1.29 is 9.22 Å². The molecule has 3 N–H and O–H groups in total. The summed E-state index contributed by atoms with van der Waals surface area (Å²) < 4.78 is 5.02. The highest BCUT2D eigenvalue weighted by molar-refractivity contribution is 5.92. The largest absolute Gasteiger partial charge is 0.392 e. The summed E-state index contributed by atoms with van der Waals surface area (Å²) in [5.74, 6) is 0.0670. The summed E-state index contributed by atoms with van der Waals surface area (Å²) in [6.45, 7) is 10.8. The maximum absolute atomic E-state index is 11.2. The van der Waals surface area contributed by atoms with Gasteiger partial charge in [-0.3, -0.25) is 9.22 Å². The summed E-state index contributed by atoms with van der Waals surface area (Å²) >= 11 is 0. The summed E-state index contributed by atoms with van der Waals surface area (Å²) in [5.41, 5.74) is 9.28. The SMILES string of the molecule is CCC.CCC(=O)Nc1c(C)cccc1C.N/C1=C/C=C\CC[O+]=C1. The van der Waals surface area contributed by atoms with Gasteiger partial charge in [-0.05, 0) is 31.1 Å². The standard InChI is InChI=1S/C11H15NO.C7H10NO.C3H8/c1-4-10(13)12-11-8(2)6-5-7-9(11)3;8-7-4-2-1-3-5-9-6-7;1-3-2/h5-7H,4H2,1-3H3,(H,12,13);1-2,4,6H,3,5,8H2;3H2,1-2H3/q;+1;/b;2-1-,7-4+;. The summed E-state index contributed by atoms with van der Waals surface area (Å²) in [6.07, 6.45) is 10.1. The van der Waals surface area contributed by atoms with E-state index < -0.39 is 0 Å². The second kappa shape index (κ2) is 14.0. The molecule has 1 aromatic carbocycles. The molecule has 0 radical (unpaired) electrons. The van der Waals surface area contributed by atoms with Crippen molar-refractivity contribution in [3.8, 4) is 0 Å². The average Bonchev–Trinajstić information content (AvgIpc) is 2.56. The van der Waals surface area contributed by atoms with Gasteiger partial charge in [-0.15, -0.1) is 0 Å². The molecule has 1 amide bonds. The number of aldehydes is 1. The average molecular weight is 346 g/mol. The van der Waals surface area contributed by atoms with Crippen LogP contribution in [0.3, 0.4) is 0 Å². The Morgan fingerprint density at radius 1 is 1.20 bits per heavy atom. The first-order valence-corrected chi connectivity index (χ1v) is 8.89. The topological polar surface area (TPSA) is 66.4 Å². The van der Waals surface area contributed by atoms with Crippen molar-refractivity contribution in [1.82, 2.24) is 0 Å². The highest BCUT2D eigenvalue weighted by Gasteiger charge is 2.04. The van der Waals surface area contributed by atoms with E-state index in [4.69, 9.17) is 10.2 Å². The Morgan fingerprint density at radius 2 is 1.80 bits per heavy atom. The lowest BCUT2D eigenvalue weighted by atomic mass is 10.1. The van der Waals surface area contributed by atoms with Gasteiger partial charge in [-0.25, -0.2) is 0 Å². The lowest BCUT2D eigenvalue weighted by Gasteiger charge is -2.10. The van der Waals surface area contributed by atoms with Crippen molar-refractivity contribution in [3.63, 3.8) is 0 Å². The summed E-state index contributed by atoms with van der Waals surface area (Å²) in [7, 11) is 0. The molecule has 1 heterocycles. The summed E-state index contributed by atoms with van der Waals surface area (Å²) in [4.78, 5) is 11.2. The van der Waals surface area contributed by atoms with Gasteiger partial charge in [0.2, 0.25) is 5.91 Å². The molecule has 4 heteroatoms. The maximum atomic E-state index is 11.2. The number of rotatable bonds is 2. The molecule has 0 aliphatic carbocycles. The van der Waals surface area contributed by atoms with E-state index >= 15 is 0 Å². The zero-order valence-corrected chi connectivity index (χ0v) is 16.3. The van der Waals surface area contributed by atoms with Crippen LogP contribution in [0.2, 0.25) is 0 Å². The van der Waals surface area contributed by atoms with Gasteiger partial charge in [0, 0.05) is 12.1 Å².